The van der Waals surface area contributed by atoms with Gasteiger partial charge in [-0.1, -0.05) is 0 Å². The van der Waals surface area contributed by atoms with Crippen molar-refractivity contribution in [1.82, 2.24) is 9.97 Å². The summed E-state index contributed by atoms with van der Waals surface area (Å²) in [7, 11) is 1.42. The highest BCUT2D eigenvalue weighted by atomic mass is 32.1. The van der Waals surface area contributed by atoms with E-state index in [1.165, 1.54) is 35.7 Å². The Morgan fingerprint density at radius 3 is 2.68 bits per heavy atom. The number of piperidine rings is 1. The van der Waals surface area contributed by atoms with Crippen LogP contribution in [0, 0.1) is 29.9 Å². The Bertz CT molecular complexity index is 1150. The molecule has 0 spiro atoms. The number of esters is 1. The van der Waals surface area contributed by atoms with Gasteiger partial charge in [-0.05, 0) is 44.4 Å². The molecule has 3 aromatic rings. The molecule has 1 aliphatic rings. The largest absolute Gasteiger partial charge is 0.496 e. The maximum Gasteiger partial charge on any atom is 0.315 e. The maximum absolute atomic E-state index is 12.7. The number of benzene rings is 1. The molecule has 1 aliphatic heterocycles. The number of thiophene rings is 1. The van der Waals surface area contributed by atoms with Gasteiger partial charge in [0.2, 0.25) is 5.75 Å². The monoisotopic (exact) mass is 442 g/mol. The van der Waals surface area contributed by atoms with Crippen LogP contribution < -0.4 is 14.4 Å². The van der Waals surface area contributed by atoms with Gasteiger partial charge in [0.25, 0.3) is 0 Å². The molecule has 31 heavy (non-hydrogen) atoms. The number of rotatable bonds is 5. The van der Waals surface area contributed by atoms with Gasteiger partial charge in [-0.2, -0.15) is 0 Å². The lowest BCUT2D eigenvalue weighted by Gasteiger charge is -2.32. The molecule has 0 bridgehead atoms. The molecule has 1 saturated heterocycles. The highest BCUT2D eigenvalue weighted by Gasteiger charge is 2.30. The van der Waals surface area contributed by atoms with E-state index in [9.17, 15) is 14.9 Å². The molecule has 0 radical (unpaired) electrons. The molecular weight excluding hydrogens is 420 g/mol. The highest BCUT2D eigenvalue weighted by molar-refractivity contribution is 7.18. The molecule has 0 saturated carbocycles. The minimum atomic E-state index is -0.584. The molecular formula is C21H22N4O5S. The summed E-state index contributed by atoms with van der Waals surface area (Å²) in [5.74, 6) is 0.364. The number of anilines is 1. The number of ether oxygens (including phenoxy) is 2. The summed E-state index contributed by atoms with van der Waals surface area (Å²) in [5.41, 5.74) is 0.890. The van der Waals surface area contributed by atoms with E-state index in [2.05, 4.69) is 28.7 Å². The summed E-state index contributed by atoms with van der Waals surface area (Å²) >= 11 is 1.65. The van der Waals surface area contributed by atoms with Gasteiger partial charge in [0.05, 0.1) is 29.4 Å². The zero-order valence-corrected chi connectivity index (χ0v) is 18.3. The first-order valence-electron chi connectivity index (χ1n) is 9.88. The Kier molecular flexibility index (Phi) is 5.73. The second-order valence-corrected chi connectivity index (χ2v) is 8.64. The van der Waals surface area contributed by atoms with E-state index in [1.54, 1.807) is 17.7 Å². The van der Waals surface area contributed by atoms with Gasteiger partial charge < -0.3 is 14.4 Å². The Morgan fingerprint density at radius 1 is 1.26 bits per heavy atom. The predicted octanol–water partition coefficient (Wildman–Crippen LogP) is 4.05. The van der Waals surface area contributed by atoms with Gasteiger partial charge in [-0.3, -0.25) is 14.9 Å². The van der Waals surface area contributed by atoms with E-state index >= 15 is 0 Å². The van der Waals surface area contributed by atoms with Crippen LogP contribution >= 0.6 is 11.3 Å². The number of carbonyl (C=O) groups excluding carboxylic acids is 1. The smallest absolute Gasteiger partial charge is 0.315 e. The van der Waals surface area contributed by atoms with Crippen LogP contribution in [-0.4, -0.2) is 41.1 Å². The first-order chi connectivity index (χ1) is 14.9. The summed E-state index contributed by atoms with van der Waals surface area (Å²) in [4.78, 5) is 36.7. The fourth-order valence-corrected chi connectivity index (χ4v) is 4.77. The number of hydrogen-bond donors (Lipinski definition) is 0. The quantitative estimate of drug-likeness (QED) is 0.252. The molecule has 162 valence electrons. The molecule has 0 aliphatic carbocycles. The molecule has 3 heterocycles. The van der Waals surface area contributed by atoms with E-state index in [0.717, 1.165) is 16.0 Å². The molecule has 0 N–H and O–H groups in total. The van der Waals surface area contributed by atoms with Crippen LogP contribution in [-0.2, 0) is 4.79 Å². The third-order valence-electron chi connectivity index (χ3n) is 5.65. The summed E-state index contributed by atoms with van der Waals surface area (Å²) in [5, 5.41) is 12.4. The minimum Gasteiger partial charge on any atom is -0.496 e. The summed E-state index contributed by atoms with van der Waals surface area (Å²) in [6, 6.07) is 4.17. The van der Waals surface area contributed by atoms with E-state index < -0.39 is 10.9 Å². The molecule has 4 rings (SSSR count). The summed E-state index contributed by atoms with van der Waals surface area (Å²) in [6.45, 7) is 5.44. The average molecular weight is 442 g/mol. The molecule has 2 aromatic heterocycles. The first-order valence-corrected chi connectivity index (χ1v) is 10.7. The third kappa shape index (κ3) is 4.02. The fourth-order valence-electron chi connectivity index (χ4n) is 3.78. The molecule has 1 fully saturated rings. The second kappa shape index (κ2) is 8.46. The van der Waals surface area contributed by atoms with E-state index in [4.69, 9.17) is 9.47 Å². The van der Waals surface area contributed by atoms with Crippen LogP contribution in [0.25, 0.3) is 10.2 Å². The van der Waals surface area contributed by atoms with E-state index in [1.807, 2.05) is 0 Å². The first kappa shape index (κ1) is 21.0. The van der Waals surface area contributed by atoms with Crippen molar-refractivity contribution >= 4 is 39.0 Å². The predicted molar refractivity (Wildman–Crippen MR) is 117 cm³/mol. The number of carbonyl (C=O) groups is 1. The van der Waals surface area contributed by atoms with Crippen molar-refractivity contribution in [1.29, 1.82) is 0 Å². The van der Waals surface area contributed by atoms with Crippen molar-refractivity contribution in [3.05, 3.63) is 45.1 Å². The number of aryl methyl sites for hydroxylation is 2. The lowest BCUT2D eigenvalue weighted by atomic mass is 9.96. The lowest BCUT2D eigenvalue weighted by molar-refractivity contribution is -0.385. The standard InChI is InChI=1S/C21H22N4O5S/c1-12-13(2)31-20-18(12)19(22-11-23-20)24-8-6-14(7-9-24)21(26)30-17-5-4-15(29-3)10-16(17)25(27)28/h4-5,10-11,14H,6-9H2,1-3H3. The van der Waals surface area contributed by atoms with Crippen molar-refractivity contribution in [2.24, 2.45) is 5.92 Å². The van der Waals surface area contributed by atoms with Crippen LogP contribution in [0.2, 0.25) is 0 Å². The minimum absolute atomic E-state index is 0.0693. The van der Waals surface area contributed by atoms with Gasteiger partial charge in [0.15, 0.2) is 0 Å². The van der Waals surface area contributed by atoms with Gasteiger partial charge in [0, 0.05) is 18.0 Å². The van der Waals surface area contributed by atoms with Crippen LogP contribution in [0.5, 0.6) is 11.5 Å². The van der Waals surface area contributed by atoms with Crippen molar-refractivity contribution in [2.75, 3.05) is 25.1 Å². The van der Waals surface area contributed by atoms with Crippen LogP contribution in [0.1, 0.15) is 23.3 Å². The fraction of sp³-hybridized carbons (Fsp3) is 0.381. The van der Waals surface area contributed by atoms with Gasteiger partial charge in [-0.25, -0.2) is 9.97 Å². The third-order valence-corrected chi connectivity index (χ3v) is 6.76. The number of fused-ring (bicyclic) bond motifs is 1. The average Bonchev–Trinajstić information content (AvgIpc) is 3.07. The SMILES string of the molecule is COc1ccc(OC(=O)C2CCN(c3ncnc4sc(C)c(C)c34)CC2)c([N+](=O)[O-])c1. The number of aromatic nitrogens is 2. The Balaban J connectivity index is 1.46. The lowest BCUT2D eigenvalue weighted by Crippen LogP contribution is -2.38. The highest BCUT2D eigenvalue weighted by Crippen LogP contribution is 2.36. The Hall–Kier alpha value is -3.27. The van der Waals surface area contributed by atoms with E-state index in [-0.39, 0.29) is 17.4 Å². The van der Waals surface area contributed by atoms with Crippen molar-refractivity contribution in [2.45, 2.75) is 26.7 Å². The van der Waals surface area contributed by atoms with Gasteiger partial charge in [0.1, 0.15) is 22.7 Å². The molecule has 0 atom stereocenters. The molecule has 0 unspecified atom stereocenters. The molecule has 0 amide bonds. The number of hydrogen-bond acceptors (Lipinski definition) is 9. The summed E-state index contributed by atoms with van der Waals surface area (Å²) < 4.78 is 10.4. The second-order valence-electron chi connectivity index (χ2n) is 7.43. The van der Waals surface area contributed by atoms with Crippen LogP contribution in [0.15, 0.2) is 24.5 Å². The van der Waals surface area contributed by atoms with Crippen LogP contribution in [0.4, 0.5) is 11.5 Å². The van der Waals surface area contributed by atoms with Crippen molar-refractivity contribution < 1.29 is 19.2 Å². The molecule has 9 nitrogen and oxygen atoms in total. The number of nitrogens with zero attached hydrogens (tertiary/aromatic N) is 4. The zero-order valence-electron chi connectivity index (χ0n) is 17.5. The van der Waals surface area contributed by atoms with Crippen molar-refractivity contribution in [3.63, 3.8) is 0 Å². The maximum atomic E-state index is 12.7. The number of nitro groups is 1. The van der Waals surface area contributed by atoms with Crippen molar-refractivity contribution in [3.8, 4) is 11.5 Å². The Morgan fingerprint density at radius 2 is 2.00 bits per heavy atom. The normalized spacial score (nSPS) is 14.6. The Labute approximate surface area is 182 Å². The molecule has 1 aromatic carbocycles. The van der Waals surface area contributed by atoms with Crippen LogP contribution in [0.3, 0.4) is 0 Å². The van der Waals surface area contributed by atoms with Gasteiger partial charge >= 0.3 is 11.7 Å². The molecule has 10 heteroatoms. The number of nitro benzene ring substituents is 1. The van der Waals surface area contributed by atoms with E-state index in [0.29, 0.717) is 31.7 Å². The summed E-state index contributed by atoms with van der Waals surface area (Å²) in [6.07, 6.45) is 2.74. The zero-order chi connectivity index (χ0) is 22.1. The van der Waals surface area contributed by atoms with Gasteiger partial charge in [-0.15, -0.1) is 11.3 Å². The number of methoxy groups -OCH3 is 1. The topological polar surface area (TPSA) is 108 Å².